The number of carbonyl (C=O) groups is 1. The quantitative estimate of drug-likeness (QED) is 0.913. The summed E-state index contributed by atoms with van der Waals surface area (Å²) in [5.41, 5.74) is 4.18. The Labute approximate surface area is 131 Å². The van der Waals surface area contributed by atoms with E-state index in [4.69, 9.17) is 0 Å². The summed E-state index contributed by atoms with van der Waals surface area (Å²) >= 11 is 0. The first-order chi connectivity index (χ1) is 10.6. The molecule has 0 aliphatic heterocycles. The molecule has 0 heterocycles. The molecule has 0 fully saturated rings. The van der Waals surface area contributed by atoms with Crippen molar-refractivity contribution in [2.45, 2.75) is 38.3 Å². The van der Waals surface area contributed by atoms with Crippen molar-refractivity contribution >= 4 is 5.91 Å². The highest BCUT2D eigenvalue weighted by Gasteiger charge is 2.22. The average molecular weight is 295 g/mol. The van der Waals surface area contributed by atoms with Crippen molar-refractivity contribution < 1.29 is 9.90 Å². The molecule has 1 amide bonds. The van der Waals surface area contributed by atoms with Gasteiger partial charge in [0.05, 0.1) is 6.04 Å². The summed E-state index contributed by atoms with van der Waals surface area (Å²) in [6.45, 7) is 1.55. The summed E-state index contributed by atoms with van der Waals surface area (Å²) in [6, 6.07) is 15.8. The maximum absolute atomic E-state index is 11.4. The second kappa shape index (κ2) is 6.32. The van der Waals surface area contributed by atoms with Crippen LogP contribution in [0.2, 0.25) is 0 Å². The Balaban J connectivity index is 1.93. The maximum atomic E-state index is 11.4. The fraction of sp³-hybridized carbons (Fsp3) is 0.316. The minimum absolute atomic E-state index is 0.00754. The van der Waals surface area contributed by atoms with Crippen LogP contribution in [-0.2, 0) is 11.2 Å². The minimum atomic E-state index is -0.633. The number of rotatable bonds is 3. The van der Waals surface area contributed by atoms with Crippen LogP contribution in [0.15, 0.2) is 48.5 Å². The number of carbonyl (C=O) groups excluding carboxylic acids is 1. The lowest BCUT2D eigenvalue weighted by molar-refractivity contribution is -0.119. The third-order valence-corrected chi connectivity index (χ3v) is 4.29. The molecule has 3 heteroatoms. The lowest BCUT2D eigenvalue weighted by Gasteiger charge is -2.27. The highest BCUT2D eigenvalue weighted by molar-refractivity contribution is 5.73. The molecule has 1 aliphatic rings. The Morgan fingerprint density at radius 2 is 1.95 bits per heavy atom. The predicted molar refractivity (Wildman–Crippen MR) is 86.4 cm³/mol. The van der Waals surface area contributed by atoms with Crippen molar-refractivity contribution in [3.63, 3.8) is 0 Å². The van der Waals surface area contributed by atoms with Crippen LogP contribution in [0.5, 0.6) is 0 Å². The van der Waals surface area contributed by atoms with E-state index in [1.165, 1.54) is 5.56 Å². The molecule has 0 saturated heterocycles. The topological polar surface area (TPSA) is 49.3 Å². The van der Waals surface area contributed by atoms with E-state index >= 15 is 0 Å². The fourth-order valence-electron chi connectivity index (χ4n) is 3.21. The Morgan fingerprint density at radius 1 is 1.18 bits per heavy atom. The SMILES string of the molecule is CC(=O)NC1CCCc2ccc(C(O)c3ccccc3)cc21. The fourth-order valence-corrected chi connectivity index (χ4v) is 3.21. The predicted octanol–water partition coefficient (Wildman–Crippen LogP) is 3.28. The van der Waals surface area contributed by atoms with Gasteiger partial charge >= 0.3 is 0 Å². The number of benzene rings is 2. The summed E-state index contributed by atoms with van der Waals surface area (Å²) in [6.07, 6.45) is 2.44. The van der Waals surface area contributed by atoms with Crippen LogP contribution in [0.4, 0.5) is 0 Å². The number of amides is 1. The van der Waals surface area contributed by atoms with Crippen molar-refractivity contribution in [2.24, 2.45) is 0 Å². The zero-order valence-electron chi connectivity index (χ0n) is 12.8. The van der Waals surface area contributed by atoms with Gasteiger partial charge in [0, 0.05) is 6.92 Å². The summed E-state index contributed by atoms with van der Waals surface area (Å²) in [5, 5.41) is 13.6. The van der Waals surface area contributed by atoms with Gasteiger partial charge in [-0.2, -0.15) is 0 Å². The standard InChI is InChI=1S/C19H21NO2/c1-13(21)20-18-9-5-8-14-10-11-16(12-17(14)18)19(22)15-6-3-2-4-7-15/h2-4,6-7,10-12,18-19,22H,5,8-9H2,1H3,(H,20,21). The molecule has 3 nitrogen and oxygen atoms in total. The average Bonchev–Trinajstić information content (AvgIpc) is 2.54. The summed E-state index contributed by atoms with van der Waals surface area (Å²) in [7, 11) is 0. The Morgan fingerprint density at radius 3 is 2.68 bits per heavy atom. The molecule has 0 saturated carbocycles. The van der Waals surface area contributed by atoms with Crippen LogP contribution in [0.25, 0.3) is 0 Å². The van der Waals surface area contributed by atoms with E-state index in [9.17, 15) is 9.90 Å². The van der Waals surface area contributed by atoms with Crippen molar-refractivity contribution in [3.05, 3.63) is 70.8 Å². The van der Waals surface area contributed by atoms with Crippen LogP contribution in [-0.4, -0.2) is 11.0 Å². The first-order valence-corrected chi connectivity index (χ1v) is 7.78. The molecule has 0 bridgehead atoms. The van der Waals surface area contributed by atoms with E-state index in [-0.39, 0.29) is 11.9 Å². The number of fused-ring (bicyclic) bond motifs is 1. The van der Waals surface area contributed by atoms with Gasteiger partial charge in [0.2, 0.25) is 5.91 Å². The number of aliphatic hydroxyl groups excluding tert-OH is 1. The number of hydrogen-bond acceptors (Lipinski definition) is 2. The van der Waals surface area contributed by atoms with Crippen LogP contribution in [0, 0.1) is 0 Å². The molecule has 114 valence electrons. The Bertz CT molecular complexity index is 666. The van der Waals surface area contributed by atoms with Gasteiger partial charge in [0.15, 0.2) is 0 Å². The summed E-state index contributed by atoms with van der Waals surface area (Å²) in [4.78, 5) is 11.4. The smallest absolute Gasteiger partial charge is 0.217 e. The van der Waals surface area contributed by atoms with Gasteiger partial charge in [0.1, 0.15) is 6.10 Å². The third-order valence-electron chi connectivity index (χ3n) is 4.29. The number of aryl methyl sites for hydroxylation is 1. The molecular formula is C19H21NO2. The lowest BCUT2D eigenvalue weighted by atomic mass is 9.85. The highest BCUT2D eigenvalue weighted by Crippen LogP contribution is 2.33. The molecule has 2 aromatic carbocycles. The first kappa shape index (κ1) is 14.8. The van der Waals surface area contributed by atoms with Gasteiger partial charge in [-0.05, 0) is 41.5 Å². The second-order valence-corrected chi connectivity index (χ2v) is 5.92. The van der Waals surface area contributed by atoms with Crippen molar-refractivity contribution in [1.82, 2.24) is 5.32 Å². The summed E-state index contributed by atoms with van der Waals surface area (Å²) in [5.74, 6) is -0.00754. The van der Waals surface area contributed by atoms with Crippen LogP contribution in [0.3, 0.4) is 0 Å². The minimum Gasteiger partial charge on any atom is -0.384 e. The summed E-state index contributed by atoms with van der Waals surface area (Å²) < 4.78 is 0. The molecule has 1 aliphatic carbocycles. The third kappa shape index (κ3) is 3.04. The van der Waals surface area contributed by atoms with Gasteiger partial charge in [-0.3, -0.25) is 4.79 Å². The van der Waals surface area contributed by atoms with Gasteiger partial charge in [0.25, 0.3) is 0 Å². The Kier molecular flexibility index (Phi) is 4.25. The van der Waals surface area contributed by atoms with Gasteiger partial charge in [-0.25, -0.2) is 0 Å². The van der Waals surface area contributed by atoms with E-state index in [1.807, 2.05) is 42.5 Å². The van der Waals surface area contributed by atoms with Gasteiger partial charge in [-0.15, -0.1) is 0 Å². The first-order valence-electron chi connectivity index (χ1n) is 7.78. The molecule has 2 unspecified atom stereocenters. The highest BCUT2D eigenvalue weighted by atomic mass is 16.3. The van der Waals surface area contributed by atoms with Crippen molar-refractivity contribution in [3.8, 4) is 0 Å². The normalized spacial score (nSPS) is 18.4. The van der Waals surface area contributed by atoms with Crippen molar-refractivity contribution in [1.29, 1.82) is 0 Å². The maximum Gasteiger partial charge on any atom is 0.217 e. The number of aliphatic hydroxyl groups is 1. The monoisotopic (exact) mass is 295 g/mol. The van der Waals surface area contributed by atoms with Gasteiger partial charge < -0.3 is 10.4 Å². The molecule has 0 spiro atoms. The number of hydrogen-bond donors (Lipinski definition) is 2. The molecule has 22 heavy (non-hydrogen) atoms. The molecule has 2 N–H and O–H groups in total. The molecule has 2 atom stereocenters. The van der Waals surface area contributed by atoms with Crippen LogP contribution in [0.1, 0.15) is 54.2 Å². The Hall–Kier alpha value is -2.13. The second-order valence-electron chi connectivity index (χ2n) is 5.92. The molecule has 0 aromatic heterocycles. The molecule has 3 rings (SSSR count). The van der Waals surface area contributed by atoms with E-state index in [2.05, 4.69) is 11.4 Å². The lowest BCUT2D eigenvalue weighted by Crippen LogP contribution is -2.29. The molecule has 0 radical (unpaired) electrons. The van der Waals surface area contributed by atoms with Crippen LogP contribution < -0.4 is 5.32 Å². The zero-order valence-corrected chi connectivity index (χ0v) is 12.8. The number of nitrogens with one attached hydrogen (secondary N) is 1. The largest absolute Gasteiger partial charge is 0.384 e. The van der Waals surface area contributed by atoms with E-state index < -0.39 is 6.10 Å². The van der Waals surface area contributed by atoms with Crippen LogP contribution >= 0.6 is 0 Å². The zero-order chi connectivity index (χ0) is 15.5. The van der Waals surface area contributed by atoms with E-state index in [0.29, 0.717) is 0 Å². The molecule has 2 aromatic rings. The van der Waals surface area contributed by atoms with Crippen molar-refractivity contribution in [2.75, 3.05) is 0 Å². The van der Waals surface area contributed by atoms with Gasteiger partial charge in [-0.1, -0.05) is 48.5 Å². The molecular weight excluding hydrogens is 274 g/mol. The van der Waals surface area contributed by atoms with E-state index in [0.717, 1.165) is 36.0 Å². The van der Waals surface area contributed by atoms with E-state index in [1.54, 1.807) is 6.92 Å².